The molecule has 0 aromatic heterocycles. The van der Waals surface area contributed by atoms with Crippen molar-refractivity contribution in [1.82, 2.24) is 0 Å². The molecule has 1 aromatic rings. The molecule has 0 atom stereocenters. The summed E-state index contributed by atoms with van der Waals surface area (Å²) in [7, 11) is 0. The van der Waals surface area contributed by atoms with Gasteiger partial charge in [-0.2, -0.15) is 0 Å². The third kappa shape index (κ3) is 4.26. The SMILES string of the molecule is CCCCc1c(O)cc(CCC)c(CCC)c1CCC. The molecule has 0 fully saturated rings. The minimum absolute atomic E-state index is 0.546. The van der Waals surface area contributed by atoms with Crippen molar-refractivity contribution in [2.24, 2.45) is 0 Å². The summed E-state index contributed by atoms with van der Waals surface area (Å²) in [5, 5.41) is 10.4. The van der Waals surface area contributed by atoms with Gasteiger partial charge in [-0.15, -0.1) is 0 Å². The van der Waals surface area contributed by atoms with E-state index in [9.17, 15) is 5.11 Å². The van der Waals surface area contributed by atoms with Crippen molar-refractivity contribution in [3.05, 3.63) is 28.3 Å². The van der Waals surface area contributed by atoms with Crippen LogP contribution < -0.4 is 0 Å². The Bertz CT molecular complexity index is 407. The molecule has 0 saturated carbocycles. The molecule has 0 radical (unpaired) electrons. The van der Waals surface area contributed by atoms with E-state index in [0.29, 0.717) is 5.75 Å². The molecule has 0 aliphatic carbocycles. The number of unbranched alkanes of at least 4 members (excludes halogenated alkanes) is 1. The molecular weight excluding hydrogens is 244 g/mol. The highest BCUT2D eigenvalue weighted by molar-refractivity contribution is 5.49. The second kappa shape index (κ2) is 9.05. The first-order chi connectivity index (χ1) is 9.69. The maximum atomic E-state index is 10.4. The zero-order valence-corrected chi connectivity index (χ0v) is 13.9. The van der Waals surface area contributed by atoms with Crippen LogP contribution in [0.25, 0.3) is 0 Å². The summed E-state index contributed by atoms with van der Waals surface area (Å²) in [4.78, 5) is 0. The minimum atomic E-state index is 0.546. The second-order valence-corrected chi connectivity index (χ2v) is 5.84. The number of aromatic hydroxyl groups is 1. The van der Waals surface area contributed by atoms with E-state index in [1.807, 2.05) is 0 Å². The third-order valence-corrected chi connectivity index (χ3v) is 4.04. The van der Waals surface area contributed by atoms with Gasteiger partial charge in [-0.3, -0.25) is 0 Å². The zero-order valence-electron chi connectivity index (χ0n) is 13.9. The van der Waals surface area contributed by atoms with Gasteiger partial charge in [-0.05, 0) is 60.4 Å². The predicted molar refractivity (Wildman–Crippen MR) is 88.7 cm³/mol. The van der Waals surface area contributed by atoms with Crippen molar-refractivity contribution in [1.29, 1.82) is 0 Å². The molecule has 0 spiro atoms. The molecule has 0 bridgehead atoms. The lowest BCUT2D eigenvalue weighted by atomic mass is 9.86. The highest BCUT2D eigenvalue weighted by atomic mass is 16.3. The fraction of sp³-hybridized carbons (Fsp3) is 0.684. The van der Waals surface area contributed by atoms with Gasteiger partial charge in [0.25, 0.3) is 0 Å². The van der Waals surface area contributed by atoms with E-state index in [4.69, 9.17) is 0 Å². The quantitative estimate of drug-likeness (QED) is 0.623. The Hall–Kier alpha value is -0.980. The van der Waals surface area contributed by atoms with Crippen molar-refractivity contribution < 1.29 is 5.11 Å². The van der Waals surface area contributed by atoms with Crippen molar-refractivity contribution in [2.45, 2.75) is 85.5 Å². The first kappa shape index (κ1) is 17.1. The van der Waals surface area contributed by atoms with Crippen LogP contribution in [0.1, 0.15) is 82.1 Å². The van der Waals surface area contributed by atoms with Crippen LogP contribution >= 0.6 is 0 Å². The molecule has 1 aromatic carbocycles. The van der Waals surface area contributed by atoms with Crippen LogP contribution in [0.15, 0.2) is 6.07 Å². The van der Waals surface area contributed by atoms with Crippen LogP contribution in [0.3, 0.4) is 0 Å². The largest absolute Gasteiger partial charge is 0.508 e. The Morgan fingerprint density at radius 3 is 1.85 bits per heavy atom. The van der Waals surface area contributed by atoms with Gasteiger partial charge in [-0.1, -0.05) is 53.4 Å². The van der Waals surface area contributed by atoms with Gasteiger partial charge in [0.1, 0.15) is 5.75 Å². The fourth-order valence-corrected chi connectivity index (χ4v) is 3.11. The summed E-state index contributed by atoms with van der Waals surface area (Å²) in [5.41, 5.74) is 5.62. The lowest BCUT2D eigenvalue weighted by Gasteiger charge is -2.20. The maximum absolute atomic E-state index is 10.4. The van der Waals surface area contributed by atoms with Crippen LogP contribution in [0.4, 0.5) is 0 Å². The van der Waals surface area contributed by atoms with Crippen LogP contribution in [0.5, 0.6) is 5.75 Å². The molecule has 114 valence electrons. The number of hydrogen-bond acceptors (Lipinski definition) is 1. The smallest absolute Gasteiger partial charge is 0.119 e. The average Bonchev–Trinajstić information content (AvgIpc) is 2.43. The molecule has 0 aliphatic rings. The number of aryl methyl sites for hydroxylation is 1. The lowest BCUT2D eigenvalue weighted by molar-refractivity contribution is 0.464. The molecule has 0 aliphatic heterocycles. The third-order valence-electron chi connectivity index (χ3n) is 4.04. The summed E-state index contributed by atoms with van der Waals surface area (Å²) >= 11 is 0. The molecule has 0 amide bonds. The molecule has 0 unspecified atom stereocenters. The minimum Gasteiger partial charge on any atom is -0.508 e. The van der Waals surface area contributed by atoms with Crippen molar-refractivity contribution in [2.75, 3.05) is 0 Å². The van der Waals surface area contributed by atoms with Crippen LogP contribution in [0.2, 0.25) is 0 Å². The van der Waals surface area contributed by atoms with Crippen LogP contribution in [-0.2, 0) is 25.7 Å². The topological polar surface area (TPSA) is 20.2 Å². The van der Waals surface area contributed by atoms with E-state index in [-0.39, 0.29) is 0 Å². The second-order valence-electron chi connectivity index (χ2n) is 5.84. The predicted octanol–water partition coefficient (Wildman–Crippen LogP) is 5.59. The lowest BCUT2D eigenvalue weighted by Crippen LogP contribution is -2.06. The highest BCUT2D eigenvalue weighted by Crippen LogP contribution is 2.32. The van der Waals surface area contributed by atoms with Gasteiger partial charge < -0.3 is 5.11 Å². The van der Waals surface area contributed by atoms with E-state index in [0.717, 1.165) is 38.5 Å². The molecule has 1 heteroatoms. The summed E-state index contributed by atoms with van der Waals surface area (Å²) < 4.78 is 0. The Kier molecular flexibility index (Phi) is 7.72. The Morgan fingerprint density at radius 1 is 0.700 bits per heavy atom. The van der Waals surface area contributed by atoms with Gasteiger partial charge in [0.2, 0.25) is 0 Å². The number of hydrogen-bond donors (Lipinski definition) is 1. The summed E-state index contributed by atoms with van der Waals surface area (Å²) in [6, 6.07) is 2.05. The van der Waals surface area contributed by atoms with Gasteiger partial charge in [0.05, 0.1) is 0 Å². The molecule has 1 rings (SSSR count). The highest BCUT2D eigenvalue weighted by Gasteiger charge is 2.16. The van der Waals surface area contributed by atoms with E-state index < -0.39 is 0 Å². The standard InChI is InChI=1S/C19H32O/c1-5-9-13-18-17(12-8-4)16(11-7-3)15(10-6-2)14-19(18)20/h14,20H,5-13H2,1-4H3. The van der Waals surface area contributed by atoms with E-state index in [1.165, 1.54) is 36.0 Å². The Labute approximate surface area is 125 Å². The molecule has 0 heterocycles. The van der Waals surface area contributed by atoms with Gasteiger partial charge in [0.15, 0.2) is 0 Å². The molecule has 0 saturated heterocycles. The summed E-state index contributed by atoms with van der Waals surface area (Å²) in [6.45, 7) is 8.93. The van der Waals surface area contributed by atoms with E-state index in [1.54, 1.807) is 5.56 Å². The van der Waals surface area contributed by atoms with Gasteiger partial charge in [-0.25, -0.2) is 0 Å². The van der Waals surface area contributed by atoms with Crippen LogP contribution in [-0.4, -0.2) is 5.11 Å². The Morgan fingerprint density at radius 2 is 1.30 bits per heavy atom. The van der Waals surface area contributed by atoms with Gasteiger partial charge in [0, 0.05) is 0 Å². The van der Waals surface area contributed by atoms with Gasteiger partial charge >= 0.3 is 0 Å². The Balaban J connectivity index is 3.30. The van der Waals surface area contributed by atoms with E-state index >= 15 is 0 Å². The summed E-state index contributed by atoms with van der Waals surface area (Å²) in [6.07, 6.45) is 10.2. The molecule has 1 nitrogen and oxygen atoms in total. The first-order valence-electron chi connectivity index (χ1n) is 8.54. The summed E-state index contributed by atoms with van der Waals surface area (Å²) in [5.74, 6) is 0.546. The zero-order chi connectivity index (χ0) is 15.0. The number of phenolic OH excluding ortho intramolecular Hbond substituents is 1. The van der Waals surface area contributed by atoms with E-state index in [2.05, 4.69) is 33.8 Å². The monoisotopic (exact) mass is 276 g/mol. The van der Waals surface area contributed by atoms with Crippen molar-refractivity contribution in [3.8, 4) is 5.75 Å². The molecule has 1 N–H and O–H groups in total. The molecular formula is C19H32O. The fourth-order valence-electron chi connectivity index (χ4n) is 3.11. The van der Waals surface area contributed by atoms with Crippen molar-refractivity contribution in [3.63, 3.8) is 0 Å². The number of rotatable bonds is 9. The first-order valence-corrected chi connectivity index (χ1v) is 8.54. The van der Waals surface area contributed by atoms with Crippen molar-refractivity contribution >= 4 is 0 Å². The maximum Gasteiger partial charge on any atom is 0.119 e. The number of benzene rings is 1. The molecule has 20 heavy (non-hydrogen) atoms. The number of phenols is 1. The average molecular weight is 276 g/mol. The normalized spacial score (nSPS) is 11.0. The van der Waals surface area contributed by atoms with Crippen LogP contribution in [0, 0.1) is 0 Å².